The molecule has 2 unspecified atom stereocenters. The summed E-state index contributed by atoms with van der Waals surface area (Å²) < 4.78 is 8.02. The van der Waals surface area contributed by atoms with Crippen LogP contribution < -0.4 is 15.0 Å². The van der Waals surface area contributed by atoms with Gasteiger partial charge in [-0.15, -0.1) is 0 Å². The van der Waals surface area contributed by atoms with Crippen molar-refractivity contribution in [1.29, 1.82) is 0 Å². The highest BCUT2D eigenvalue weighted by Crippen LogP contribution is 2.42. The topological polar surface area (TPSA) is 55.2 Å². The highest BCUT2D eigenvalue weighted by molar-refractivity contribution is 7.80. The molecule has 6 nitrogen and oxygen atoms in total. The zero-order chi connectivity index (χ0) is 22.8. The Balaban J connectivity index is 1.60. The van der Waals surface area contributed by atoms with Gasteiger partial charge in [0.25, 0.3) is 0 Å². The van der Waals surface area contributed by atoms with Crippen molar-refractivity contribution in [3.8, 4) is 11.4 Å². The molecule has 2 atom stereocenters. The summed E-state index contributed by atoms with van der Waals surface area (Å²) in [4.78, 5) is 11.0. The minimum Gasteiger partial charge on any atom is -0.491 e. The molecule has 0 aliphatic carbocycles. The zero-order valence-corrected chi connectivity index (χ0v) is 19.3. The number of rotatable bonds is 6. The van der Waals surface area contributed by atoms with Crippen molar-refractivity contribution >= 4 is 23.0 Å². The van der Waals surface area contributed by atoms with E-state index in [1.165, 1.54) is 0 Å². The highest BCUT2D eigenvalue weighted by Gasteiger charge is 2.42. The molecule has 0 bridgehead atoms. The molecule has 3 aromatic heterocycles. The number of thiocarbonyl (C=S) groups is 1. The lowest BCUT2D eigenvalue weighted by Gasteiger charge is -2.29. The lowest BCUT2D eigenvalue weighted by Crippen LogP contribution is -2.30. The number of aromatic nitrogens is 3. The van der Waals surface area contributed by atoms with E-state index < -0.39 is 0 Å². The van der Waals surface area contributed by atoms with Crippen molar-refractivity contribution in [3.05, 3.63) is 103 Å². The second-order valence-electron chi connectivity index (χ2n) is 8.17. The van der Waals surface area contributed by atoms with Gasteiger partial charge in [-0.1, -0.05) is 6.07 Å². The van der Waals surface area contributed by atoms with Crippen LogP contribution in [-0.4, -0.2) is 25.8 Å². The normalized spacial score (nSPS) is 17.9. The van der Waals surface area contributed by atoms with Crippen molar-refractivity contribution in [2.75, 3.05) is 4.90 Å². The van der Waals surface area contributed by atoms with Crippen LogP contribution in [0.5, 0.6) is 5.75 Å². The molecule has 4 aromatic rings. The van der Waals surface area contributed by atoms with Gasteiger partial charge in [-0.25, -0.2) is 0 Å². The lowest BCUT2D eigenvalue weighted by molar-refractivity contribution is 0.242. The maximum atomic E-state index is 5.85. The Kier molecular flexibility index (Phi) is 5.79. The predicted molar refractivity (Wildman–Crippen MR) is 134 cm³/mol. The second kappa shape index (κ2) is 9.03. The molecule has 1 N–H and O–H groups in total. The number of nitrogens with one attached hydrogen (secondary N) is 1. The molecule has 0 amide bonds. The number of nitrogens with zero attached hydrogens (tertiary/aromatic N) is 4. The van der Waals surface area contributed by atoms with E-state index in [0.29, 0.717) is 5.11 Å². The van der Waals surface area contributed by atoms with Crippen LogP contribution in [0.2, 0.25) is 0 Å². The van der Waals surface area contributed by atoms with Gasteiger partial charge >= 0.3 is 0 Å². The lowest BCUT2D eigenvalue weighted by atomic mass is 10.0. The summed E-state index contributed by atoms with van der Waals surface area (Å²) in [6, 6.07) is 22.1. The molecule has 166 valence electrons. The molecular weight excluding hydrogens is 430 g/mol. The van der Waals surface area contributed by atoms with Crippen molar-refractivity contribution < 1.29 is 4.74 Å². The van der Waals surface area contributed by atoms with Crippen LogP contribution in [0.1, 0.15) is 37.3 Å². The third-order valence-corrected chi connectivity index (χ3v) is 5.92. The number of hydrogen-bond acceptors (Lipinski definition) is 4. The van der Waals surface area contributed by atoms with Gasteiger partial charge in [0.2, 0.25) is 0 Å². The van der Waals surface area contributed by atoms with Crippen molar-refractivity contribution in [2.45, 2.75) is 32.0 Å². The standard InChI is InChI=1S/C26H25N5OS/c1-18(2)32-21-10-8-20(9-11-21)31-25(24(29-26(31)33)22-6-3-4-14-28-22)23-7-5-17-30(23)19-12-15-27-16-13-19/h3-18,24-25H,1-2H3,(H,29,33). The Bertz CT molecular complexity index is 1220. The average molecular weight is 456 g/mol. The van der Waals surface area contributed by atoms with Crippen LogP contribution in [0.15, 0.2) is 91.5 Å². The SMILES string of the molecule is CC(C)Oc1ccc(N2C(=S)NC(c3ccccn3)C2c2cccn2-c2ccncc2)cc1. The minimum atomic E-state index is -0.110. The molecule has 5 rings (SSSR count). The fourth-order valence-corrected chi connectivity index (χ4v) is 4.61. The molecule has 0 saturated carbocycles. The van der Waals surface area contributed by atoms with Crippen LogP contribution in [0.25, 0.3) is 5.69 Å². The van der Waals surface area contributed by atoms with E-state index in [-0.39, 0.29) is 18.2 Å². The molecule has 1 aliphatic heterocycles. The quantitative estimate of drug-likeness (QED) is 0.402. The molecule has 1 fully saturated rings. The van der Waals surface area contributed by atoms with Crippen molar-refractivity contribution in [3.63, 3.8) is 0 Å². The summed E-state index contributed by atoms with van der Waals surface area (Å²) in [7, 11) is 0. The van der Waals surface area contributed by atoms with Crippen LogP contribution in [0.4, 0.5) is 5.69 Å². The van der Waals surface area contributed by atoms with Gasteiger partial charge in [0.15, 0.2) is 5.11 Å². The van der Waals surface area contributed by atoms with Crippen LogP contribution in [-0.2, 0) is 0 Å². The van der Waals surface area contributed by atoms with Crippen LogP contribution in [0.3, 0.4) is 0 Å². The molecule has 1 aromatic carbocycles. The Labute approximate surface area is 198 Å². The molecule has 1 saturated heterocycles. The van der Waals surface area contributed by atoms with Gasteiger partial charge in [0.1, 0.15) is 11.8 Å². The van der Waals surface area contributed by atoms with E-state index in [0.717, 1.165) is 28.5 Å². The Hall–Kier alpha value is -3.71. The van der Waals surface area contributed by atoms with Gasteiger partial charge < -0.3 is 19.5 Å². The van der Waals surface area contributed by atoms with E-state index in [4.69, 9.17) is 17.0 Å². The van der Waals surface area contributed by atoms with Gasteiger partial charge in [0.05, 0.1) is 17.8 Å². The summed E-state index contributed by atoms with van der Waals surface area (Å²) >= 11 is 5.85. The maximum Gasteiger partial charge on any atom is 0.174 e. The van der Waals surface area contributed by atoms with E-state index in [2.05, 4.69) is 55.2 Å². The third-order valence-electron chi connectivity index (χ3n) is 5.61. The fourth-order valence-electron chi connectivity index (χ4n) is 4.27. The molecule has 1 aliphatic rings. The molecule has 0 spiro atoms. The first-order chi connectivity index (χ1) is 16.1. The first-order valence-corrected chi connectivity index (χ1v) is 11.4. The Morgan fingerprint density at radius 3 is 2.39 bits per heavy atom. The maximum absolute atomic E-state index is 5.85. The number of ether oxygens (including phenoxy) is 1. The van der Waals surface area contributed by atoms with Gasteiger partial charge in [-0.3, -0.25) is 9.97 Å². The molecule has 7 heteroatoms. The fraction of sp³-hybridized carbons (Fsp3) is 0.192. The van der Waals surface area contributed by atoms with Crippen LogP contribution >= 0.6 is 12.2 Å². The predicted octanol–water partition coefficient (Wildman–Crippen LogP) is 5.23. The largest absolute Gasteiger partial charge is 0.491 e. The number of pyridine rings is 2. The number of hydrogen-bond donors (Lipinski definition) is 1. The van der Waals surface area contributed by atoms with E-state index in [9.17, 15) is 0 Å². The molecule has 4 heterocycles. The van der Waals surface area contributed by atoms with E-state index in [1.807, 2.05) is 62.5 Å². The van der Waals surface area contributed by atoms with Gasteiger partial charge in [-0.2, -0.15) is 0 Å². The Morgan fingerprint density at radius 2 is 1.70 bits per heavy atom. The zero-order valence-electron chi connectivity index (χ0n) is 18.5. The van der Waals surface area contributed by atoms with Crippen molar-refractivity contribution in [1.82, 2.24) is 19.9 Å². The molecule has 0 radical (unpaired) electrons. The summed E-state index contributed by atoms with van der Waals surface area (Å²) in [6.07, 6.45) is 7.62. The van der Waals surface area contributed by atoms with E-state index in [1.54, 1.807) is 12.4 Å². The summed E-state index contributed by atoms with van der Waals surface area (Å²) in [5.74, 6) is 0.838. The highest BCUT2D eigenvalue weighted by atomic mass is 32.1. The second-order valence-corrected chi connectivity index (χ2v) is 8.55. The third kappa shape index (κ3) is 4.19. The number of anilines is 1. The first-order valence-electron chi connectivity index (χ1n) is 11.0. The summed E-state index contributed by atoms with van der Waals surface area (Å²) in [5.41, 5.74) is 4.08. The summed E-state index contributed by atoms with van der Waals surface area (Å²) in [6.45, 7) is 4.04. The Morgan fingerprint density at radius 1 is 0.909 bits per heavy atom. The monoisotopic (exact) mass is 455 g/mol. The van der Waals surface area contributed by atoms with Gasteiger partial charge in [-0.05, 0) is 86.7 Å². The minimum absolute atomic E-state index is 0.104. The summed E-state index contributed by atoms with van der Waals surface area (Å²) in [5, 5.41) is 4.18. The number of benzene rings is 1. The molecular formula is C26H25N5OS. The van der Waals surface area contributed by atoms with Gasteiger partial charge in [0, 0.05) is 41.9 Å². The molecule has 33 heavy (non-hydrogen) atoms. The average Bonchev–Trinajstić information content (AvgIpc) is 3.45. The van der Waals surface area contributed by atoms with Crippen LogP contribution in [0, 0.1) is 0 Å². The van der Waals surface area contributed by atoms with Crippen molar-refractivity contribution in [2.24, 2.45) is 0 Å². The smallest absolute Gasteiger partial charge is 0.174 e. The van der Waals surface area contributed by atoms with E-state index >= 15 is 0 Å². The first kappa shape index (κ1) is 21.2.